The molecule has 0 saturated carbocycles. The zero-order valence-corrected chi connectivity index (χ0v) is 21.4. The molecule has 0 aromatic heterocycles. The van der Waals surface area contributed by atoms with Gasteiger partial charge in [-0.25, -0.2) is 4.39 Å². The monoisotopic (exact) mass is 511 g/mol. The Kier molecular flexibility index (Phi) is 9.73. The summed E-state index contributed by atoms with van der Waals surface area (Å²) in [4.78, 5) is 2.48. The topological polar surface area (TPSA) is 56.8 Å². The van der Waals surface area contributed by atoms with Gasteiger partial charge < -0.3 is 20.5 Å². The van der Waals surface area contributed by atoms with Crippen molar-refractivity contribution in [3.63, 3.8) is 0 Å². The first kappa shape index (κ1) is 26.6. The third-order valence-electron chi connectivity index (χ3n) is 6.65. The summed E-state index contributed by atoms with van der Waals surface area (Å²) in [5, 5.41) is 17.1. The molecule has 3 aromatic carbocycles. The number of aliphatic hydroxyl groups is 1. The van der Waals surface area contributed by atoms with Gasteiger partial charge in [-0.05, 0) is 42.7 Å². The van der Waals surface area contributed by atoms with E-state index in [0.29, 0.717) is 12.6 Å². The zero-order valence-electron chi connectivity index (χ0n) is 20.7. The molecule has 3 aromatic rings. The molecule has 1 saturated heterocycles. The summed E-state index contributed by atoms with van der Waals surface area (Å²) >= 11 is 5.82. The van der Waals surface area contributed by atoms with E-state index in [1.165, 1.54) is 11.6 Å². The first-order valence-electron chi connectivity index (χ1n) is 12.6. The van der Waals surface area contributed by atoms with Crippen molar-refractivity contribution in [3.05, 3.63) is 100 Å². The summed E-state index contributed by atoms with van der Waals surface area (Å²) in [6.45, 7) is 6.76. The van der Waals surface area contributed by atoms with Gasteiger partial charge in [0.05, 0.1) is 11.1 Å². The van der Waals surface area contributed by atoms with Crippen molar-refractivity contribution in [1.29, 1.82) is 0 Å². The van der Waals surface area contributed by atoms with Gasteiger partial charge in [-0.1, -0.05) is 66.2 Å². The van der Waals surface area contributed by atoms with Crippen molar-refractivity contribution in [2.45, 2.75) is 31.5 Å². The van der Waals surface area contributed by atoms with Gasteiger partial charge in [0.2, 0.25) is 0 Å². The number of benzene rings is 3. The highest BCUT2D eigenvalue weighted by Gasteiger charge is 2.23. The van der Waals surface area contributed by atoms with Crippen LogP contribution in [-0.4, -0.2) is 55.4 Å². The number of rotatable bonds is 11. The maximum absolute atomic E-state index is 14.1. The van der Waals surface area contributed by atoms with Crippen molar-refractivity contribution in [2.75, 3.05) is 39.3 Å². The van der Waals surface area contributed by atoms with Gasteiger partial charge in [0.25, 0.3) is 0 Å². The maximum atomic E-state index is 14.1. The number of hydrogen-bond donors (Lipinski definition) is 3. The highest BCUT2D eigenvalue weighted by molar-refractivity contribution is 6.30. The van der Waals surface area contributed by atoms with Gasteiger partial charge in [0.1, 0.15) is 18.2 Å². The standard InChI is InChI=1S/C29H35ClFN3O2/c1-21(33-20-28(35)25-8-5-9-26(30)29(25)31)18-22-10-12-24(13-11-22)36-17-16-34-15-14-32-19-27(34)23-6-3-2-4-7-23/h2-13,21,27-28,32-33,35H,14-20H2,1H3. The van der Waals surface area contributed by atoms with E-state index in [0.717, 1.165) is 43.9 Å². The van der Waals surface area contributed by atoms with E-state index in [1.807, 2.05) is 19.1 Å². The van der Waals surface area contributed by atoms with Gasteiger partial charge in [-0.15, -0.1) is 0 Å². The van der Waals surface area contributed by atoms with E-state index in [-0.39, 0.29) is 23.2 Å². The molecule has 0 radical (unpaired) electrons. The highest BCUT2D eigenvalue weighted by Crippen LogP contribution is 2.24. The fraction of sp³-hybridized carbons (Fsp3) is 0.379. The molecule has 3 unspecified atom stereocenters. The quantitative estimate of drug-likeness (QED) is 0.346. The van der Waals surface area contributed by atoms with Gasteiger partial charge in [-0.2, -0.15) is 0 Å². The Morgan fingerprint density at radius 3 is 2.67 bits per heavy atom. The second kappa shape index (κ2) is 13.2. The lowest BCUT2D eigenvalue weighted by molar-refractivity contribution is 0.134. The van der Waals surface area contributed by atoms with Crippen molar-refractivity contribution in [3.8, 4) is 5.75 Å². The van der Waals surface area contributed by atoms with Crippen molar-refractivity contribution >= 4 is 11.6 Å². The summed E-state index contributed by atoms with van der Waals surface area (Å²) in [6, 6.07) is 23.9. The van der Waals surface area contributed by atoms with Gasteiger partial charge >= 0.3 is 0 Å². The number of halogens is 2. The third-order valence-corrected chi connectivity index (χ3v) is 6.94. The molecule has 7 heteroatoms. The molecule has 0 amide bonds. The largest absolute Gasteiger partial charge is 0.492 e. The Bertz CT molecular complexity index is 1080. The summed E-state index contributed by atoms with van der Waals surface area (Å²) in [5.74, 6) is 0.293. The minimum absolute atomic E-state index is 0.0193. The Balaban J connectivity index is 1.21. The van der Waals surface area contributed by atoms with Crippen LogP contribution in [-0.2, 0) is 6.42 Å². The van der Waals surface area contributed by atoms with Crippen LogP contribution in [0.2, 0.25) is 5.02 Å². The fourth-order valence-corrected chi connectivity index (χ4v) is 4.83. The SMILES string of the molecule is CC(Cc1ccc(OCCN2CCNCC2c2ccccc2)cc1)NCC(O)c1cccc(Cl)c1F. The second-order valence-electron chi connectivity index (χ2n) is 9.33. The second-order valence-corrected chi connectivity index (χ2v) is 9.74. The molecule has 3 atom stereocenters. The minimum atomic E-state index is -0.959. The number of piperazine rings is 1. The molecule has 1 fully saturated rings. The fourth-order valence-electron chi connectivity index (χ4n) is 4.65. The molecule has 0 aliphatic carbocycles. The van der Waals surface area contributed by atoms with E-state index in [4.69, 9.17) is 16.3 Å². The van der Waals surface area contributed by atoms with Gasteiger partial charge in [0, 0.05) is 50.4 Å². The Labute approximate surface area is 218 Å². The highest BCUT2D eigenvalue weighted by atomic mass is 35.5. The summed E-state index contributed by atoms with van der Waals surface area (Å²) in [5.41, 5.74) is 2.71. The number of nitrogens with one attached hydrogen (secondary N) is 2. The van der Waals surface area contributed by atoms with E-state index in [1.54, 1.807) is 12.1 Å². The summed E-state index contributed by atoms with van der Waals surface area (Å²) in [7, 11) is 0. The first-order valence-corrected chi connectivity index (χ1v) is 13.0. The first-order chi connectivity index (χ1) is 17.5. The Hall–Kier alpha value is -2.48. The normalized spacial score (nSPS) is 18.1. The van der Waals surface area contributed by atoms with Crippen molar-refractivity contribution in [1.82, 2.24) is 15.5 Å². The van der Waals surface area contributed by atoms with Gasteiger partial charge in [0.15, 0.2) is 0 Å². The molecule has 1 heterocycles. The Morgan fingerprint density at radius 1 is 1.11 bits per heavy atom. The van der Waals surface area contributed by atoms with E-state index in [2.05, 4.69) is 58.0 Å². The average Bonchev–Trinajstić information content (AvgIpc) is 2.91. The van der Waals surface area contributed by atoms with Crippen molar-refractivity contribution in [2.24, 2.45) is 0 Å². The average molecular weight is 512 g/mol. The number of aliphatic hydroxyl groups excluding tert-OH is 1. The molecule has 36 heavy (non-hydrogen) atoms. The lowest BCUT2D eigenvalue weighted by Gasteiger charge is -2.36. The van der Waals surface area contributed by atoms with Crippen LogP contribution < -0.4 is 15.4 Å². The van der Waals surface area contributed by atoms with Gasteiger partial charge in [-0.3, -0.25) is 4.90 Å². The van der Waals surface area contributed by atoms with E-state index < -0.39 is 11.9 Å². The molecule has 192 valence electrons. The van der Waals surface area contributed by atoms with Crippen LogP contribution in [0.25, 0.3) is 0 Å². The van der Waals surface area contributed by atoms with Crippen LogP contribution in [0, 0.1) is 5.82 Å². The molecule has 1 aliphatic heterocycles. The van der Waals surface area contributed by atoms with Crippen LogP contribution in [0.4, 0.5) is 4.39 Å². The van der Waals surface area contributed by atoms with Crippen LogP contribution in [0.5, 0.6) is 5.75 Å². The molecule has 1 aliphatic rings. The predicted molar refractivity (Wildman–Crippen MR) is 143 cm³/mol. The third kappa shape index (κ3) is 7.28. The number of hydrogen-bond acceptors (Lipinski definition) is 5. The van der Waals surface area contributed by atoms with Crippen LogP contribution in [0.15, 0.2) is 72.8 Å². The zero-order chi connectivity index (χ0) is 25.3. The molecule has 0 bridgehead atoms. The van der Waals surface area contributed by atoms with Crippen LogP contribution in [0.1, 0.15) is 35.8 Å². The Morgan fingerprint density at radius 2 is 1.89 bits per heavy atom. The lowest BCUT2D eigenvalue weighted by atomic mass is 10.0. The summed E-state index contributed by atoms with van der Waals surface area (Å²) in [6.07, 6.45) is -0.177. The molecular weight excluding hydrogens is 477 g/mol. The lowest BCUT2D eigenvalue weighted by Crippen LogP contribution is -2.47. The summed E-state index contributed by atoms with van der Waals surface area (Å²) < 4.78 is 20.2. The van der Waals surface area contributed by atoms with Crippen LogP contribution in [0.3, 0.4) is 0 Å². The van der Waals surface area contributed by atoms with E-state index >= 15 is 0 Å². The number of ether oxygens (including phenoxy) is 1. The molecule has 5 nitrogen and oxygen atoms in total. The van der Waals surface area contributed by atoms with Crippen molar-refractivity contribution < 1.29 is 14.2 Å². The molecular formula is C29H35ClFN3O2. The molecule has 0 spiro atoms. The number of nitrogens with zero attached hydrogens (tertiary/aromatic N) is 1. The minimum Gasteiger partial charge on any atom is -0.492 e. The molecule has 4 rings (SSSR count). The maximum Gasteiger partial charge on any atom is 0.147 e. The smallest absolute Gasteiger partial charge is 0.147 e. The van der Waals surface area contributed by atoms with Crippen LogP contribution >= 0.6 is 11.6 Å². The van der Waals surface area contributed by atoms with E-state index in [9.17, 15) is 9.50 Å². The predicted octanol–water partition coefficient (Wildman–Crippen LogP) is 4.76. The molecule has 3 N–H and O–H groups in total.